The quantitative estimate of drug-likeness (QED) is 0.343. The molecule has 1 saturated carbocycles. The van der Waals surface area contributed by atoms with Crippen molar-refractivity contribution < 1.29 is 18.3 Å². The lowest BCUT2D eigenvalue weighted by Crippen LogP contribution is -2.12. The smallest absolute Gasteiger partial charge is 0.310 e. The van der Waals surface area contributed by atoms with Crippen molar-refractivity contribution in [1.29, 1.82) is 0 Å². The predicted octanol–water partition coefficient (Wildman–Crippen LogP) is 6.53. The lowest BCUT2D eigenvalue weighted by Gasteiger charge is -2.12. The van der Waals surface area contributed by atoms with E-state index in [0.29, 0.717) is 0 Å². The van der Waals surface area contributed by atoms with Crippen LogP contribution < -0.4 is 0 Å². The fourth-order valence-electron chi connectivity index (χ4n) is 2.72. The number of rotatable bonds is 4. The predicted molar refractivity (Wildman–Crippen MR) is 97.6 cm³/mol. The molecule has 2 atom stereocenters. The van der Waals surface area contributed by atoms with Crippen LogP contribution in [0.15, 0.2) is 9.47 Å². The molecular formula is C16H14Br2Cl2F2O2. The molecule has 0 unspecified atom stereocenters. The molecule has 2 rings (SSSR count). The van der Waals surface area contributed by atoms with Crippen LogP contribution in [0.2, 0.25) is 10.0 Å². The number of ether oxygens (including phenoxy) is 1. The summed E-state index contributed by atoms with van der Waals surface area (Å²) in [5.74, 6) is -2.62. The van der Waals surface area contributed by atoms with E-state index in [2.05, 4.69) is 31.9 Å². The Labute approximate surface area is 165 Å². The second-order valence-electron chi connectivity index (χ2n) is 6.25. The number of hydrogen-bond donors (Lipinski definition) is 0. The maximum absolute atomic E-state index is 13.9. The molecule has 0 amide bonds. The van der Waals surface area contributed by atoms with Crippen LogP contribution >= 0.6 is 55.1 Å². The van der Waals surface area contributed by atoms with E-state index >= 15 is 0 Å². The Kier molecular flexibility index (Phi) is 6.06. The molecule has 1 fully saturated rings. The Morgan fingerprint density at radius 2 is 1.75 bits per heavy atom. The van der Waals surface area contributed by atoms with Crippen molar-refractivity contribution in [1.82, 2.24) is 0 Å². The summed E-state index contributed by atoms with van der Waals surface area (Å²) in [7, 11) is 0. The molecule has 0 N–H and O–H groups in total. The minimum atomic E-state index is -0.902. The van der Waals surface area contributed by atoms with Crippen molar-refractivity contribution in [2.24, 2.45) is 17.3 Å². The van der Waals surface area contributed by atoms with Gasteiger partial charge in [-0.05, 0) is 50.1 Å². The number of carbonyl (C=O) groups is 1. The molecule has 0 aliphatic heterocycles. The van der Waals surface area contributed by atoms with Crippen LogP contribution in [-0.2, 0) is 16.1 Å². The lowest BCUT2D eigenvalue weighted by molar-refractivity contribution is -0.147. The van der Waals surface area contributed by atoms with Crippen LogP contribution in [0.3, 0.4) is 0 Å². The first kappa shape index (κ1) is 20.1. The molecule has 1 aromatic rings. The molecule has 0 bridgehead atoms. The van der Waals surface area contributed by atoms with E-state index in [0.717, 1.165) is 3.39 Å². The second-order valence-corrected chi connectivity index (χ2v) is 9.78. The first-order valence-corrected chi connectivity index (χ1v) is 9.35. The highest BCUT2D eigenvalue weighted by molar-refractivity contribution is 9.28. The van der Waals surface area contributed by atoms with Crippen molar-refractivity contribution in [3.05, 3.63) is 42.3 Å². The number of hydrogen-bond acceptors (Lipinski definition) is 2. The summed E-state index contributed by atoms with van der Waals surface area (Å²) in [5, 5.41) is -0.664. The SMILES string of the molecule is Cc1c(F)c(Cl)c(COC(=O)[C@@H]2[C@H](C=C(Br)Br)C2(C)C)c(Cl)c1F. The third kappa shape index (κ3) is 3.67. The monoisotopic (exact) mass is 504 g/mol. The van der Waals surface area contributed by atoms with Crippen molar-refractivity contribution in [2.75, 3.05) is 0 Å². The van der Waals surface area contributed by atoms with Gasteiger partial charge in [0, 0.05) is 11.1 Å². The molecule has 24 heavy (non-hydrogen) atoms. The Balaban J connectivity index is 2.16. The first-order chi connectivity index (χ1) is 11.0. The molecule has 1 aliphatic rings. The largest absolute Gasteiger partial charge is 0.460 e. The van der Waals surface area contributed by atoms with Gasteiger partial charge in [-0.2, -0.15) is 0 Å². The minimum absolute atomic E-state index is 0.00353. The third-order valence-electron chi connectivity index (χ3n) is 4.40. The van der Waals surface area contributed by atoms with Gasteiger partial charge in [-0.3, -0.25) is 4.79 Å². The average molecular weight is 507 g/mol. The van der Waals surface area contributed by atoms with Crippen LogP contribution in [0.1, 0.15) is 25.0 Å². The Hall–Kier alpha value is -0.170. The van der Waals surface area contributed by atoms with Gasteiger partial charge in [0.05, 0.1) is 19.4 Å². The summed E-state index contributed by atoms with van der Waals surface area (Å²) in [6, 6.07) is 0. The van der Waals surface area contributed by atoms with Gasteiger partial charge in [-0.25, -0.2) is 8.78 Å². The zero-order chi connectivity index (χ0) is 18.4. The fourth-order valence-corrected chi connectivity index (χ4v) is 3.92. The van der Waals surface area contributed by atoms with Crippen LogP contribution in [-0.4, -0.2) is 5.97 Å². The van der Waals surface area contributed by atoms with E-state index < -0.39 is 17.6 Å². The zero-order valence-corrected chi connectivity index (χ0v) is 17.7. The van der Waals surface area contributed by atoms with E-state index in [9.17, 15) is 13.6 Å². The minimum Gasteiger partial charge on any atom is -0.460 e. The normalized spacial score (nSPS) is 21.4. The number of benzene rings is 1. The highest BCUT2D eigenvalue weighted by Gasteiger charge is 2.61. The van der Waals surface area contributed by atoms with Gasteiger partial charge in [-0.15, -0.1) is 0 Å². The summed E-state index contributed by atoms with van der Waals surface area (Å²) in [5.41, 5.74) is -0.600. The highest BCUT2D eigenvalue weighted by atomic mass is 79.9. The van der Waals surface area contributed by atoms with Gasteiger partial charge in [-0.1, -0.05) is 43.1 Å². The maximum atomic E-state index is 13.9. The molecular weight excluding hydrogens is 493 g/mol. The van der Waals surface area contributed by atoms with E-state index in [1.165, 1.54) is 6.92 Å². The molecule has 1 aromatic carbocycles. The fraction of sp³-hybridized carbons (Fsp3) is 0.438. The molecule has 132 valence electrons. The molecule has 8 heteroatoms. The van der Waals surface area contributed by atoms with Crippen LogP contribution in [0.4, 0.5) is 8.78 Å². The number of halogens is 6. The van der Waals surface area contributed by atoms with Crippen molar-refractivity contribution in [3.63, 3.8) is 0 Å². The Bertz CT molecular complexity index is 702. The number of esters is 1. The van der Waals surface area contributed by atoms with Gasteiger partial charge in [0.2, 0.25) is 0 Å². The summed E-state index contributed by atoms with van der Waals surface area (Å²) < 4.78 is 33.7. The van der Waals surface area contributed by atoms with Gasteiger partial charge in [0.15, 0.2) is 0 Å². The number of carbonyl (C=O) groups excluding carboxylic acids is 1. The summed E-state index contributed by atoms with van der Waals surface area (Å²) in [6.07, 6.45) is 1.87. The van der Waals surface area contributed by atoms with Gasteiger partial charge >= 0.3 is 5.97 Å². The van der Waals surface area contributed by atoms with Gasteiger partial charge in [0.25, 0.3) is 0 Å². The van der Waals surface area contributed by atoms with E-state index in [1.54, 1.807) is 0 Å². The molecule has 0 saturated heterocycles. The van der Waals surface area contributed by atoms with Crippen molar-refractivity contribution in [2.45, 2.75) is 27.4 Å². The van der Waals surface area contributed by atoms with Crippen LogP contribution in [0, 0.1) is 35.8 Å². The molecule has 2 nitrogen and oxygen atoms in total. The zero-order valence-electron chi connectivity index (χ0n) is 13.0. The van der Waals surface area contributed by atoms with Crippen LogP contribution in [0.25, 0.3) is 0 Å². The maximum Gasteiger partial charge on any atom is 0.310 e. The van der Waals surface area contributed by atoms with E-state index in [1.807, 2.05) is 19.9 Å². The average Bonchev–Trinajstić information content (AvgIpc) is 3.02. The first-order valence-electron chi connectivity index (χ1n) is 7.01. The van der Waals surface area contributed by atoms with Gasteiger partial charge < -0.3 is 4.74 Å². The Morgan fingerprint density at radius 3 is 2.21 bits per heavy atom. The highest BCUT2D eigenvalue weighted by Crippen LogP contribution is 2.60. The molecule has 0 heterocycles. The van der Waals surface area contributed by atoms with Crippen molar-refractivity contribution in [3.8, 4) is 0 Å². The number of allylic oxidation sites excluding steroid dienone is 1. The summed E-state index contributed by atoms with van der Waals surface area (Å²) >= 11 is 18.3. The topological polar surface area (TPSA) is 26.3 Å². The third-order valence-corrected chi connectivity index (χ3v) is 5.72. The molecule has 0 radical (unpaired) electrons. The van der Waals surface area contributed by atoms with Crippen LogP contribution in [0.5, 0.6) is 0 Å². The van der Waals surface area contributed by atoms with E-state index in [4.69, 9.17) is 27.9 Å². The summed E-state index contributed by atoms with van der Waals surface area (Å²) in [6.45, 7) is 4.73. The lowest BCUT2D eigenvalue weighted by atomic mass is 10.1. The second kappa shape index (κ2) is 7.22. The Morgan fingerprint density at radius 1 is 1.25 bits per heavy atom. The van der Waals surface area contributed by atoms with E-state index in [-0.39, 0.29) is 45.0 Å². The van der Waals surface area contributed by atoms with Gasteiger partial charge in [0.1, 0.15) is 18.2 Å². The molecule has 0 spiro atoms. The molecule has 0 aromatic heterocycles. The standard InChI is InChI=1S/C16H14Br2Cl2F2O2/c1-6-13(21)11(19)7(12(20)14(6)22)5-24-15(23)10-8(4-9(17)18)16(10,2)3/h4,8,10H,5H2,1-3H3/t8-,10-/m0/s1. The molecule has 1 aliphatic carbocycles. The van der Waals surface area contributed by atoms with Crippen molar-refractivity contribution >= 4 is 61.0 Å². The summed E-state index contributed by atoms with van der Waals surface area (Å²) in [4.78, 5) is 12.3.